The second-order valence-corrected chi connectivity index (χ2v) is 5.36. The number of nitrogens with zero attached hydrogens (tertiary/aromatic N) is 2. The Morgan fingerprint density at radius 1 is 1.20 bits per heavy atom. The molecule has 0 bridgehead atoms. The van der Waals surface area contributed by atoms with Crippen molar-refractivity contribution in [3.05, 3.63) is 23.8 Å². The Morgan fingerprint density at radius 2 is 1.95 bits per heavy atom. The summed E-state index contributed by atoms with van der Waals surface area (Å²) >= 11 is 0. The molecule has 1 N–H and O–H groups in total. The van der Waals surface area contributed by atoms with Gasteiger partial charge < -0.3 is 19.5 Å². The van der Waals surface area contributed by atoms with E-state index in [1.54, 1.807) is 14.2 Å². The molecule has 0 aliphatic carbocycles. The van der Waals surface area contributed by atoms with Crippen molar-refractivity contribution in [3.63, 3.8) is 0 Å². The molecule has 112 valence electrons. The molecule has 2 unspecified atom stereocenters. The van der Waals surface area contributed by atoms with Crippen LogP contribution < -0.4 is 9.47 Å². The van der Waals surface area contributed by atoms with Crippen LogP contribution in [0.25, 0.3) is 0 Å². The summed E-state index contributed by atoms with van der Waals surface area (Å²) in [6.07, 6.45) is -0.580. The third kappa shape index (κ3) is 3.06. The summed E-state index contributed by atoms with van der Waals surface area (Å²) in [5.41, 5.74) is 0.806. The van der Waals surface area contributed by atoms with E-state index in [0.717, 1.165) is 30.9 Å². The molecule has 5 nitrogen and oxygen atoms in total. The van der Waals surface area contributed by atoms with Crippen molar-refractivity contribution < 1.29 is 14.6 Å². The van der Waals surface area contributed by atoms with Crippen LogP contribution >= 0.6 is 0 Å². The number of hydrogen-bond donors (Lipinski definition) is 1. The Bertz CT molecular complexity index is 453. The van der Waals surface area contributed by atoms with E-state index in [1.165, 1.54) is 0 Å². The van der Waals surface area contributed by atoms with Crippen LogP contribution in [0.15, 0.2) is 18.2 Å². The number of benzene rings is 1. The molecule has 20 heavy (non-hydrogen) atoms. The third-order valence-electron chi connectivity index (χ3n) is 4.02. The van der Waals surface area contributed by atoms with Crippen LogP contribution in [0.5, 0.6) is 11.5 Å². The van der Waals surface area contributed by atoms with E-state index in [9.17, 15) is 5.11 Å². The number of piperazine rings is 1. The number of likely N-dealkylation sites (N-methyl/N-ethyl adjacent to an activating group) is 2. The summed E-state index contributed by atoms with van der Waals surface area (Å²) in [7, 11) is 7.37. The van der Waals surface area contributed by atoms with Gasteiger partial charge in [-0.05, 0) is 26.2 Å². The molecule has 0 spiro atoms. The van der Waals surface area contributed by atoms with Gasteiger partial charge in [0.1, 0.15) is 11.5 Å². The lowest BCUT2D eigenvalue weighted by Gasteiger charge is -2.40. The number of hydrogen-bond acceptors (Lipinski definition) is 5. The first-order valence-corrected chi connectivity index (χ1v) is 6.85. The van der Waals surface area contributed by atoms with Crippen LogP contribution in [0, 0.1) is 0 Å². The van der Waals surface area contributed by atoms with Gasteiger partial charge >= 0.3 is 0 Å². The van der Waals surface area contributed by atoms with Gasteiger partial charge in [-0.3, -0.25) is 4.90 Å². The van der Waals surface area contributed by atoms with Crippen LogP contribution in [-0.2, 0) is 0 Å². The molecular weight excluding hydrogens is 256 g/mol. The first kappa shape index (κ1) is 15.1. The fourth-order valence-corrected chi connectivity index (χ4v) is 2.66. The van der Waals surface area contributed by atoms with Gasteiger partial charge in [0.25, 0.3) is 0 Å². The monoisotopic (exact) mass is 280 g/mol. The molecular formula is C15H24N2O3. The smallest absolute Gasteiger partial charge is 0.128 e. The highest BCUT2D eigenvalue weighted by molar-refractivity contribution is 5.42. The van der Waals surface area contributed by atoms with Gasteiger partial charge in [0.2, 0.25) is 0 Å². The molecule has 1 aromatic rings. The molecule has 1 aromatic carbocycles. The summed E-state index contributed by atoms with van der Waals surface area (Å²) in [6.45, 7) is 2.82. The molecule has 1 saturated heterocycles. The molecule has 0 aromatic heterocycles. The molecule has 0 saturated carbocycles. The molecule has 2 atom stereocenters. The van der Waals surface area contributed by atoms with Gasteiger partial charge in [0.15, 0.2) is 0 Å². The summed E-state index contributed by atoms with van der Waals surface area (Å²) in [6, 6.07) is 5.61. The second-order valence-electron chi connectivity index (χ2n) is 5.36. The van der Waals surface area contributed by atoms with Crippen molar-refractivity contribution in [1.82, 2.24) is 9.80 Å². The zero-order valence-electron chi connectivity index (χ0n) is 12.7. The lowest BCUT2D eigenvalue weighted by molar-refractivity contribution is 0.0127. The predicted molar refractivity (Wildman–Crippen MR) is 78.4 cm³/mol. The Morgan fingerprint density at radius 3 is 2.60 bits per heavy atom. The zero-order valence-corrected chi connectivity index (χ0v) is 12.7. The van der Waals surface area contributed by atoms with E-state index in [1.807, 2.05) is 18.2 Å². The molecule has 1 aliphatic rings. The van der Waals surface area contributed by atoms with Gasteiger partial charge in [0.05, 0.1) is 26.4 Å². The van der Waals surface area contributed by atoms with E-state index < -0.39 is 6.10 Å². The van der Waals surface area contributed by atoms with Gasteiger partial charge in [-0.15, -0.1) is 0 Å². The van der Waals surface area contributed by atoms with Crippen molar-refractivity contribution in [3.8, 4) is 11.5 Å². The maximum Gasteiger partial charge on any atom is 0.128 e. The highest BCUT2D eigenvalue weighted by atomic mass is 16.5. The largest absolute Gasteiger partial charge is 0.497 e. The Kier molecular flexibility index (Phi) is 4.86. The standard InChI is InChI=1S/C15H24N2O3/c1-16-7-8-17(2)13(10-16)15(18)12-6-5-11(19-3)9-14(12)20-4/h5-6,9,13,15,18H,7-8,10H2,1-4H3. The zero-order chi connectivity index (χ0) is 14.7. The molecule has 0 radical (unpaired) electrons. The third-order valence-corrected chi connectivity index (χ3v) is 4.02. The molecule has 5 heteroatoms. The van der Waals surface area contributed by atoms with E-state index in [4.69, 9.17) is 9.47 Å². The molecule has 0 amide bonds. The topological polar surface area (TPSA) is 45.2 Å². The minimum Gasteiger partial charge on any atom is -0.497 e. The van der Waals surface area contributed by atoms with E-state index in [0.29, 0.717) is 5.75 Å². The Labute approximate surface area is 120 Å². The summed E-state index contributed by atoms with van der Waals surface area (Å²) in [5.74, 6) is 1.39. The van der Waals surface area contributed by atoms with E-state index >= 15 is 0 Å². The fraction of sp³-hybridized carbons (Fsp3) is 0.600. The van der Waals surface area contributed by atoms with Crippen molar-refractivity contribution in [2.75, 3.05) is 47.9 Å². The van der Waals surface area contributed by atoms with E-state index in [-0.39, 0.29) is 6.04 Å². The number of aliphatic hydroxyl groups excluding tert-OH is 1. The number of ether oxygens (including phenoxy) is 2. The summed E-state index contributed by atoms with van der Waals surface area (Å²) in [5, 5.41) is 10.7. The molecule has 1 heterocycles. The first-order valence-electron chi connectivity index (χ1n) is 6.85. The molecule has 2 rings (SSSR count). The van der Waals surface area contributed by atoms with Crippen LogP contribution in [0.4, 0.5) is 0 Å². The quantitative estimate of drug-likeness (QED) is 0.891. The number of aliphatic hydroxyl groups is 1. The van der Waals surface area contributed by atoms with Gasteiger partial charge in [-0.25, -0.2) is 0 Å². The first-order chi connectivity index (χ1) is 9.56. The minimum atomic E-state index is -0.580. The summed E-state index contributed by atoms with van der Waals surface area (Å²) < 4.78 is 10.6. The Hall–Kier alpha value is -1.30. The lowest BCUT2D eigenvalue weighted by atomic mass is 9.98. The van der Waals surface area contributed by atoms with Gasteiger partial charge in [0, 0.05) is 31.3 Å². The molecule has 1 fully saturated rings. The van der Waals surface area contributed by atoms with Crippen molar-refractivity contribution in [1.29, 1.82) is 0 Å². The van der Waals surface area contributed by atoms with Crippen LogP contribution in [0.2, 0.25) is 0 Å². The predicted octanol–water partition coefficient (Wildman–Crippen LogP) is 0.983. The number of rotatable bonds is 4. The molecule has 1 aliphatic heterocycles. The minimum absolute atomic E-state index is 0.0658. The van der Waals surface area contributed by atoms with Crippen molar-refractivity contribution in [2.24, 2.45) is 0 Å². The van der Waals surface area contributed by atoms with Crippen molar-refractivity contribution >= 4 is 0 Å². The van der Waals surface area contributed by atoms with Crippen molar-refractivity contribution in [2.45, 2.75) is 12.1 Å². The van der Waals surface area contributed by atoms with Gasteiger partial charge in [-0.2, -0.15) is 0 Å². The Balaban J connectivity index is 2.25. The average molecular weight is 280 g/mol. The average Bonchev–Trinajstić information content (AvgIpc) is 2.48. The second kappa shape index (κ2) is 6.43. The lowest BCUT2D eigenvalue weighted by Crippen LogP contribution is -2.52. The van der Waals surface area contributed by atoms with E-state index in [2.05, 4.69) is 23.9 Å². The van der Waals surface area contributed by atoms with Crippen LogP contribution in [0.1, 0.15) is 11.7 Å². The number of methoxy groups -OCH3 is 2. The van der Waals surface area contributed by atoms with Crippen LogP contribution in [-0.4, -0.2) is 68.9 Å². The van der Waals surface area contributed by atoms with Gasteiger partial charge in [-0.1, -0.05) is 0 Å². The highest BCUT2D eigenvalue weighted by Gasteiger charge is 2.31. The summed E-state index contributed by atoms with van der Waals surface area (Å²) in [4.78, 5) is 4.44. The maximum absolute atomic E-state index is 10.7. The maximum atomic E-state index is 10.7. The SMILES string of the molecule is COc1ccc(C(O)C2CN(C)CCN2C)c(OC)c1. The fourth-order valence-electron chi connectivity index (χ4n) is 2.66. The van der Waals surface area contributed by atoms with Crippen LogP contribution in [0.3, 0.4) is 0 Å². The normalized spacial score (nSPS) is 22.6. The highest BCUT2D eigenvalue weighted by Crippen LogP contribution is 2.33.